The van der Waals surface area contributed by atoms with E-state index in [1.54, 1.807) is 12.2 Å². The Morgan fingerprint density at radius 3 is 2.70 bits per heavy atom. The number of carbonyl (C=O) groups excluding carboxylic acids is 1. The molecule has 1 aliphatic heterocycles. The molecule has 6 heteroatoms. The number of hydrogen-bond acceptors (Lipinski definition) is 6. The van der Waals surface area contributed by atoms with Crippen molar-refractivity contribution in [2.75, 3.05) is 6.61 Å². The van der Waals surface area contributed by atoms with Gasteiger partial charge in [-0.15, -0.1) is 0 Å². The monoisotopic (exact) mass is 418 g/mol. The van der Waals surface area contributed by atoms with Crippen LogP contribution in [0.5, 0.6) is 0 Å². The summed E-state index contributed by atoms with van der Waals surface area (Å²) in [4.78, 5) is 12.0. The minimum atomic E-state index is -1.08. The van der Waals surface area contributed by atoms with Crippen molar-refractivity contribution in [3.63, 3.8) is 0 Å². The molecule has 0 aromatic rings. The summed E-state index contributed by atoms with van der Waals surface area (Å²) in [5.74, 6) is -0.395. The van der Waals surface area contributed by atoms with Crippen molar-refractivity contribution in [1.29, 1.82) is 0 Å². The predicted molar refractivity (Wildman–Crippen MR) is 109 cm³/mol. The van der Waals surface area contributed by atoms with E-state index in [1.807, 2.05) is 19.9 Å². The van der Waals surface area contributed by atoms with Gasteiger partial charge in [0.25, 0.3) is 0 Å². The van der Waals surface area contributed by atoms with Crippen LogP contribution in [0.2, 0.25) is 0 Å². The molecule has 0 aromatic carbocycles. The topological polar surface area (TPSA) is 96.2 Å². The Morgan fingerprint density at radius 2 is 2.00 bits per heavy atom. The Hall–Kier alpha value is -1.05. The van der Waals surface area contributed by atoms with Gasteiger partial charge >= 0.3 is 0 Å². The van der Waals surface area contributed by atoms with Gasteiger partial charge in [-0.3, -0.25) is 4.79 Å². The number of carbonyl (C=O) groups is 1. The number of ketones is 1. The maximum Gasteiger partial charge on any atom is 0.178 e. The Balaban J connectivity index is 1.58. The molecule has 0 radical (unpaired) electrons. The quantitative estimate of drug-likeness (QED) is 0.636. The summed E-state index contributed by atoms with van der Waals surface area (Å²) in [6.45, 7) is 7.54. The smallest absolute Gasteiger partial charge is 0.178 e. The third-order valence-electron chi connectivity index (χ3n) is 9.23. The summed E-state index contributed by atoms with van der Waals surface area (Å²) in [5, 5.41) is 32.5. The minimum absolute atomic E-state index is 0.00933. The number of aliphatic hydroxyl groups excluding tert-OH is 3. The Bertz CT molecular complexity index is 832. The summed E-state index contributed by atoms with van der Waals surface area (Å²) < 4.78 is 12.7. The van der Waals surface area contributed by atoms with Crippen LogP contribution >= 0.6 is 0 Å². The van der Waals surface area contributed by atoms with Crippen molar-refractivity contribution >= 4 is 5.78 Å². The first-order valence-corrected chi connectivity index (χ1v) is 11.3. The lowest BCUT2D eigenvalue weighted by Crippen LogP contribution is -2.65. The standard InChI is InChI=1S/C24H34O6/c1-21(2)29-19-10-16-15-6-5-13-9-14(26)7-8-22(13,3)20(15)17(27)11-23(16,4)24(19,30-21)18(28)12-25/h7-9,15-20,25,27-28H,5-6,10-12H2,1-4H3/t15?,16?,17?,18?,19-,20?,22?,23?,24-/m1/s1. The Kier molecular flexibility index (Phi) is 4.35. The fourth-order valence-electron chi connectivity index (χ4n) is 8.22. The Morgan fingerprint density at radius 1 is 1.27 bits per heavy atom. The van der Waals surface area contributed by atoms with E-state index in [-0.39, 0.29) is 35.1 Å². The minimum Gasteiger partial charge on any atom is -0.394 e. The predicted octanol–water partition coefficient (Wildman–Crippen LogP) is 2.12. The molecule has 5 aliphatic rings. The number of rotatable bonds is 2. The molecule has 0 spiro atoms. The van der Waals surface area contributed by atoms with Crippen molar-refractivity contribution in [3.8, 4) is 0 Å². The fraction of sp³-hybridized carbons (Fsp3) is 0.792. The van der Waals surface area contributed by atoms with E-state index >= 15 is 0 Å². The number of allylic oxidation sites excluding steroid dienone is 4. The number of aliphatic hydroxyl groups is 3. The molecule has 9 atom stereocenters. The number of fused-ring (bicyclic) bond motifs is 7. The average Bonchev–Trinajstić information content (AvgIpc) is 3.07. The van der Waals surface area contributed by atoms with Crippen molar-refractivity contribution in [2.45, 2.75) is 83.1 Å². The zero-order chi connectivity index (χ0) is 21.7. The van der Waals surface area contributed by atoms with Crippen LogP contribution < -0.4 is 0 Å². The van der Waals surface area contributed by atoms with E-state index in [1.165, 1.54) is 0 Å². The molecule has 3 saturated carbocycles. The molecule has 1 heterocycles. The van der Waals surface area contributed by atoms with Gasteiger partial charge in [-0.1, -0.05) is 25.5 Å². The molecule has 4 fully saturated rings. The van der Waals surface area contributed by atoms with Crippen LogP contribution in [-0.4, -0.2) is 57.4 Å². The zero-order valence-electron chi connectivity index (χ0n) is 18.3. The van der Waals surface area contributed by atoms with Gasteiger partial charge in [-0.05, 0) is 63.5 Å². The largest absolute Gasteiger partial charge is 0.394 e. The van der Waals surface area contributed by atoms with E-state index in [0.29, 0.717) is 6.42 Å². The summed E-state index contributed by atoms with van der Waals surface area (Å²) >= 11 is 0. The van der Waals surface area contributed by atoms with Gasteiger partial charge in [0.1, 0.15) is 11.7 Å². The average molecular weight is 419 g/mol. The fourth-order valence-corrected chi connectivity index (χ4v) is 8.22. The third kappa shape index (κ3) is 2.40. The Labute approximate surface area is 177 Å². The van der Waals surface area contributed by atoms with Gasteiger partial charge in [0.05, 0.1) is 18.8 Å². The van der Waals surface area contributed by atoms with Gasteiger partial charge in [0, 0.05) is 16.7 Å². The lowest BCUT2D eigenvalue weighted by atomic mass is 9.46. The van der Waals surface area contributed by atoms with Crippen LogP contribution in [0.25, 0.3) is 0 Å². The van der Waals surface area contributed by atoms with Crippen LogP contribution in [0.1, 0.15) is 53.4 Å². The second-order valence-corrected chi connectivity index (χ2v) is 11.0. The molecule has 0 aromatic heterocycles. The highest BCUT2D eigenvalue weighted by molar-refractivity contribution is 6.01. The molecule has 5 rings (SSSR count). The van der Waals surface area contributed by atoms with Crippen LogP contribution in [-0.2, 0) is 14.3 Å². The van der Waals surface area contributed by atoms with Crippen molar-refractivity contribution in [2.24, 2.45) is 28.6 Å². The summed E-state index contributed by atoms with van der Waals surface area (Å²) in [6.07, 6.45) is 6.32. The SMILES string of the molecule is CC1(C)O[C@@H]2CC3C4CCC5=CC(=O)C=CC5(C)C4C(O)CC3(C)[C@]2(C(O)CO)O1. The molecule has 0 bridgehead atoms. The third-order valence-corrected chi connectivity index (χ3v) is 9.23. The molecule has 1 saturated heterocycles. The normalized spacial score (nSPS) is 52.2. The van der Waals surface area contributed by atoms with Gasteiger partial charge < -0.3 is 24.8 Å². The first-order chi connectivity index (χ1) is 14.0. The van der Waals surface area contributed by atoms with Crippen molar-refractivity contribution in [3.05, 3.63) is 23.8 Å². The number of ether oxygens (including phenoxy) is 2. The molecule has 7 unspecified atom stereocenters. The van der Waals surface area contributed by atoms with Crippen LogP contribution in [0.4, 0.5) is 0 Å². The molecule has 0 amide bonds. The summed E-state index contributed by atoms with van der Waals surface area (Å²) in [7, 11) is 0. The molecule has 6 nitrogen and oxygen atoms in total. The van der Waals surface area contributed by atoms with Gasteiger partial charge in [-0.2, -0.15) is 0 Å². The van der Waals surface area contributed by atoms with Gasteiger partial charge in [0.15, 0.2) is 11.6 Å². The molecular formula is C24H34O6. The van der Waals surface area contributed by atoms with Crippen LogP contribution in [0, 0.1) is 28.6 Å². The highest BCUT2D eigenvalue weighted by atomic mass is 16.8. The van der Waals surface area contributed by atoms with Crippen LogP contribution in [0.15, 0.2) is 23.8 Å². The maximum absolute atomic E-state index is 12.0. The molecular weight excluding hydrogens is 384 g/mol. The van der Waals surface area contributed by atoms with E-state index in [4.69, 9.17) is 9.47 Å². The highest BCUT2D eigenvalue weighted by Gasteiger charge is 2.76. The lowest BCUT2D eigenvalue weighted by Gasteiger charge is -2.60. The maximum atomic E-state index is 12.0. The van der Waals surface area contributed by atoms with Gasteiger partial charge in [0.2, 0.25) is 0 Å². The van der Waals surface area contributed by atoms with Crippen molar-refractivity contribution < 1.29 is 29.6 Å². The molecule has 30 heavy (non-hydrogen) atoms. The summed E-state index contributed by atoms with van der Waals surface area (Å²) in [5.41, 5.74) is -0.785. The van der Waals surface area contributed by atoms with Gasteiger partial charge in [-0.25, -0.2) is 0 Å². The van der Waals surface area contributed by atoms with E-state index < -0.39 is 35.6 Å². The summed E-state index contributed by atoms with van der Waals surface area (Å²) in [6, 6.07) is 0. The number of hydrogen-bond donors (Lipinski definition) is 3. The molecule has 4 aliphatic carbocycles. The van der Waals surface area contributed by atoms with E-state index in [9.17, 15) is 20.1 Å². The first kappa shape index (κ1) is 20.8. The molecule has 3 N–H and O–H groups in total. The highest BCUT2D eigenvalue weighted by Crippen LogP contribution is 2.70. The van der Waals surface area contributed by atoms with E-state index in [2.05, 4.69) is 13.8 Å². The lowest BCUT2D eigenvalue weighted by molar-refractivity contribution is -0.254. The van der Waals surface area contributed by atoms with Crippen molar-refractivity contribution in [1.82, 2.24) is 0 Å². The van der Waals surface area contributed by atoms with E-state index in [0.717, 1.165) is 24.8 Å². The second kappa shape index (κ2) is 6.26. The molecule has 166 valence electrons. The van der Waals surface area contributed by atoms with Crippen LogP contribution in [0.3, 0.4) is 0 Å². The first-order valence-electron chi connectivity index (χ1n) is 11.3. The zero-order valence-corrected chi connectivity index (χ0v) is 18.3. The second-order valence-electron chi connectivity index (χ2n) is 11.0.